The molecule has 6 aliphatic rings. The SMILES string of the molecule is CC.CC.CC.c1nc(C2CCCN2)[nH]c1-c1ccc(-c2ccc(-c3cnc(C4CCCN4)[nH]3)c3c2C2CCC3C2)c2c1C1CCC2C1. The van der Waals surface area contributed by atoms with Gasteiger partial charge in [-0.05, 0) is 134 Å². The minimum Gasteiger partial charge on any atom is -0.341 e. The molecule has 4 bridgehead atoms. The van der Waals surface area contributed by atoms with E-state index < -0.39 is 0 Å². The van der Waals surface area contributed by atoms with Gasteiger partial charge in [-0.15, -0.1) is 0 Å². The van der Waals surface area contributed by atoms with Crippen molar-refractivity contribution in [3.63, 3.8) is 0 Å². The molecule has 256 valence electrons. The lowest BCUT2D eigenvalue weighted by atomic mass is 9.78. The fourth-order valence-corrected chi connectivity index (χ4v) is 10.1. The third kappa shape index (κ3) is 5.48. The molecule has 6 atom stereocenters. The van der Waals surface area contributed by atoms with Crippen molar-refractivity contribution in [2.45, 2.75) is 142 Å². The van der Waals surface area contributed by atoms with E-state index >= 15 is 0 Å². The molecule has 48 heavy (non-hydrogen) atoms. The zero-order valence-electron chi connectivity index (χ0n) is 30.3. The van der Waals surface area contributed by atoms with Crippen molar-refractivity contribution in [1.29, 1.82) is 0 Å². The molecule has 2 aromatic carbocycles. The molecule has 2 aliphatic heterocycles. The topological polar surface area (TPSA) is 81.4 Å². The van der Waals surface area contributed by atoms with Gasteiger partial charge in [0.1, 0.15) is 11.6 Å². The van der Waals surface area contributed by atoms with Crippen LogP contribution in [0.1, 0.15) is 175 Å². The molecule has 6 nitrogen and oxygen atoms in total. The van der Waals surface area contributed by atoms with E-state index in [0.29, 0.717) is 35.8 Å². The summed E-state index contributed by atoms with van der Waals surface area (Å²) in [5.74, 6) is 4.99. The highest BCUT2D eigenvalue weighted by Gasteiger charge is 2.44. The van der Waals surface area contributed by atoms with E-state index in [4.69, 9.17) is 9.97 Å². The molecule has 4 heterocycles. The largest absolute Gasteiger partial charge is 0.341 e. The van der Waals surface area contributed by atoms with E-state index in [1.54, 1.807) is 22.3 Å². The monoisotopic (exact) mass is 646 g/mol. The fraction of sp³-hybridized carbons (Fsp3) is 0.571. The summed E-state index contributed by atoms with van der Waals surface area (Å²) in [4.78, 5) is 17.2. The average molecular weight is 647 g/mol. The van der Waals surface area contributed by atoms with Gasteiger partial charge in [0.05, 0.1) is 35.9 Å². The Morgan fingerprint density at radius 2 is 0.833 bits per heavy atom. The maximum Gasteiger partial charge on any atom is 0.123 e. The van der Waals surface area contributed by atoms with Crippen LogP contribution in [0, 0.1) is 0 Å². The van der Waals surface area contributed by atoms with Crippen molar-refractivity contribution < 1.29 is 0 Å². The predicted octanol–water partition coefficient (Wildman–Crippen LogP) is 10.8. The maximum atomic E-state index is 4.85. The lowest BCUT2D eigenvalue weighted by Crippen LogP contribution is -2.14. The number of aromatic nitrogens is 4. The Kier molecular flexibility index (Phi) is 9.94. The summed E-state index contributed by atoms with van der Waals surface area (Å²) in [5, 5.41) is 7.23. The number of imidazole rings is 2. The van der Waals surface area contributed by atoms with E-state index in [-0.39, 0.29) is 0 Å². The van der Waals surface area contributed by atoms with Crippen molar-refractivity contribution in [2.75, 3.05) is 13.1 Å². The van der Waals surface area contributed by atoms with Gasteiger partial charge < -0.3 is 20.6 Å². The summed E-state index contributed by atoms with van der Waals surface area (Å²) < 4.78 is 0. The number of rotatable bonds is 5. The van der Waals surface area contributed by atoms with E-state index in [0.717, 1.165) is 24.7 Å². The molecule has 2 aromatic heterocycles. The normalized spacial score (nSPS) is 27.0. The Balaban J connectivity index is 0.000000578. The van der Waals surface area contributed by atoms with Gasteiger partial charge in [-0.25, -0.2) is 9.97 Å². The molecule has 4 N–H and O–H groups in total. The number of fused-ring (bicyclic) bond motifs is 10. The number of hydrogen-bond donors (Lipinski definition) is 4. The van der Waals surface area contributed by atoms with Crippen molar-refractivity contribution in [2.24, 2.45) is 0 Å². The van der Waals surface area contributed by atoms with E-state index in [9.17, 15) is 0 Å². The van der Waals surface area contributed by atoms with Gasteiger partial charge in [-0.1, -0.05) is 65.8 Å². The van der Waals surface area contributed by atoms with Crippen LogP contribution in [-0.2, 0) is 0 Å². The first-order chi connectivity index (χ1) is 23.8. The highest BCUT2D eigenvalue weighted by molar-refractivity contribution is 5.85. The number of benzene rings is 2. The van der Waals surface area contributed by atoms with E-state index in [2.05, 4.69) is 57.3 Å². The molecule has 6 unspecified atom stereocenters. The van der Waals surface area contributed by atoms with Crippen LogP contribution in [-0.4, -0.2) is 33.0 Å². The maximum absolute atomic E-state index is 4.85. The molecule has 2 saturated carbocycles. The van der Waals surface area contributed by atoms with Gasteiger partial charge in [-0.3, -0.25) is 0 Å². The minimum atomic E-state index is 0.374. The van der Waals surface area contributed by atoms with Crippen LogP contribution < -0.4 is 10.6 Å². The van der Waals surface area contributed by atoms with Gasteiger partial charge >= 0.3 is 0 Å². The first-order valence-electron chi connectivity index (χ1n) is 19.7. The van der Waals surface area contributed by atoms with Crippen molar-refractivity contribution in [1.82, 2.24) is 30.6 Å². The number of hydrogen-bond acceptors (Lipinski definition) is 4. The summed E-state index contributed by atoms with van der Waals surface area (Å²) in [5.41, 5.74) is 14.8. The van der Waals surface area contributed by atoms with Gasteiger partial charge in [0.2, 0.25) is 0 Å². The summed E-state index contributed by atoms with van der Waals surface area (Å²) in [7, 11) is 0. The fourth-order valence-electron chi connectivity index (χ4n) is 10.1. The third-order valence-electron chi connectivity index (χ3n) is 11.9. The van der Waals surface area contributed by atoms with Crippen molar-refractivity contribution >= 4 is 0 Å². The molecule has 2 saturated heterocycles. The second kappa shape index (κ2) is 14.3. The highest BCUT2D eigenvalue weighted by atomic mass is 15.0. The molecular formula is C42H58N6. The zero-order valence-corrected chi connectivity index (χ0v) is 30.3. The zero-order chi connectivity index (χ0) is 33.4. The molecule has 6 heteroatoms. The number of nitrogens with zero attached hydrogens (tertiary/aromatic N) is 2. The van der Waals surface area contributed by atoms with Crippen LogP contribution in [0.2, 0.25) is 0 Å². The second-order valence-corrected chi connectivity index (χ2v) is 14.1. The molecule has 0 radical (unpaired) electrons. The summed E-state index contributed by atoms with van der Waals surface area (Å²) >= 11 is 0. The van der Waals surface area contributed by atoms with Crippen molar-refractivity contribution in [3.8, 4) is 33.6 Å². The smallest absolute Gasteiger partial charge is 0.123 e. The quantitative estimate of drug-likeness (QED) is 0.174. The van der Waals surface area contributed by atoms with Crippen molar-refractivity contribution in [3.05, 3.63) is 70.6 Å². The molecule has 4 aliphatic carbocycles. The minimum absolute atomic E-state index is 0.374. The molecule has 10 rings (SSSR count). The summed E-state index contributed by atoms with van der Waals surface area (Å²) in [6.45, 7) is 14.2. The molecular weight excluding hydrogens is 589 g/mol. The highest BCUT2D eigenvalue weighted by Crippen LogP contribution is 2.62. The van der Waals surface area contributed by atoms with E-state index in [1.165, 1.54) is 97.8 Å². The predicted molar refractivity (Wildman–Crippen MR) is 200 cm³/mol. The standard InChI is InChI=1S/C36H40N6.3C2H6/c1-3-27(37-13-1)35-39-17-29(41-35)25-11-9-23(31-19-5-7-21(15-19)33(25)31)24-10-12-26(34-22-8-6-20(16-22)32(24)34)30-18-40-36(42-30)28-4-2-14-38-28;3*1-2/h9-12,17-22,27-28,37-38H,1-8,13-16H2,(H,39,41)(H,40,42);3*1-2H3. The lowest BCUT2D eigenvalue weighted by Gasteiger charge is -2.26. The average Bonchev–Trinajstić information content (AvgIpc) is 4.02. The van der Waals surface area contributed by atoms with Gasteiger partial charge in [0, 0.05) is 11.1 Å². The Morgan fingerprint density at radius 3 is 1.19 bits per heavy atom. The van der Waals surface area contributed by atoms with Gasteiger partial charge in [0.15, 0.2) is 0 Å². The molecule has 0 spiro atoms. The number of H-pyrrole nitrogens is 2. The summed E-state index contributed by atoms with van der Waals surface area (Å²) in [6, 6.07) is 10.6. The molecule has 0 amide bonds. The van der Waals surface area contributed by atoms with Gasteiger partial charge in [-0.2, -0.15) is 0 Å². The van der Waals surface area contributed by atoms with Crippen LogP contribution in [0.5, 0.6) is 0 Å². The van der Waals surface area contributed by atoms with Crippen LogP contribution in [0.25, 0.3) is 33.6 Å². The van der Waals surface area contributed by atoms with Gasteiger partial charge in [0.25, 0.3) is 0 Å². The second-order valence-electron chi connectivity index (χ2n) is 14.1. The Bertz CT molecular complexity index is 1580. The summed E-state index contributed by atoms with van der Waals surface area (Å²) in [6.07, 6.45) is 17.0. The van der Waals surface area contributed by atoms with Crippen LogP contribution in [0.3, 0.4) is 0 Å². The van der Waals surface area contributed by atoms with Crippen LogP contribution in [0.15, 0.2) is 36.7 Å². The van der Waals surface area contributed by atoms with E-state index in [1.807, 2.05) is 41.5 Å². The lowest BCUT2D eigenvalue weighted by molar-refractivity contribution is 0.613. The first kappa shape index (κ1) is 33.3. The number of aromatic amines is 2. The van der Waals surface area contributed by atoms with Crippen LogP contribution in [0.4, 0.5) is 0 Å². The molecule has 4 aromatic rings. The number of nitrogens with one attached hydrogen (secondary N) is 4. The Morgan fingerprint density at radius 1 is 0.479 bits per heavy atom. The Hall–Kier alpha value is -3.22. The van der Waals surface area contributed by atoms with Crippen LogP contribution >= 0.6 is 0 Å². The molecule has 4 fully saturated rings. The third-order valence-corrected chi connectivity index (χ3v) is 11.9. The first-order valence-corrected chi connectivity index (χ1v) is 19.7. The Labute approximate surface area is 288 Å².